The Balaban J connectivity index is 1.81. The number of aromatic amines is 1. The SMILES string of the molecule is COc1cc(Cl)c(C)cc1NC(=O)c1cc(C2CC2)[nH]n1. The van der Waals surface area contributed by atoms with Crippen molar-refractivity contribution in [3.8, 4) is 5.75 Å². The number of benzene rings is 1. The number of hydrogen-bond donors (Lipinski definition) is 2. The van der Waals surface area contributed by atoms with Gasteiger partial charge in [-0.15, -0.1) is 0 Å². The quantitative estimate of drug-likeness (QED) is 0.908. The fraction of sp³-hybridized carbons (Fsp3) is 0.333. The lowest BCUT2D eigenvalue weighted by Gasteiger charge is -2.11. The largest absolute Gasteiger partial charge is 0.495 e. The van der Waals surface area contributed by atoms with Crippen LogP contribution < -0.4 is 10.1 Å². The van der Waals surface area contributed by atoms with Gasteiger partial charge in [-0.25, -0.2) is 0 Å². The Morgan fingerprint density at radius 2 is 2.19 bits per heavy atom. The average Bonchev–Trinajstić information content (AvgIpc) is 3.20. The second-order valence-electron chi connectivity index (χ2n) is 5.24. The van der Waals surface area contributed by atoms with E-state index in [0.717, 1.165) is 24.1 Å². The Kier molecular flexibility index (Phi) is 3.59. The number of rotatable bonds is 4. The Morgan fingerprint density at radius 1 is 1.43 bits per heavy atom. The van der Waals surface area contributed by atoms with E-state index >= 15 is 0 Å². The first-order valence-electron chi connectivity index (χ1n) is 6.79. The maximum atomic E-state index is 12.3. The monoisotopic (exact) mass is 305 g/mol. The van der Waals surface area contributed by atoms with Crippen molar-refractivity contribution in [3.05, 3.63) is 40.2 Å². The van der Waals surface area contributed by atoms with E-state index in [0.29, 0.717) is 28.1 Å². The summed E-state index contributed by atoms with van der Waals surface area (Å²) >= 11 is 6.05. The molecule has 0 aliphatic heterocycles. The standard InChI is InChI=1S/C15H16ClN3O2/c1-8-5-12(14(21-2)6-10(8)16)17-15(20)13-7-11(18-19-13)9-3-4-9/h5-7,9H,3-4H2,1-2H3,(H,17,20)(H,18,19). The number of methoxy groups -OCH3 is 1. The molecule has 21 heavy (non-hydrogen) atoms. The van der Waals surface area contributed by atoms with E-state index in [2.05, 4.69) is 15.5 Å². The summed E-state index contributed by atoms with van der Waals surface area (Å²) in [5.74, 6) is 0.793. The first-order valence-corrected chi connectivity index (χ1v) is 7.17. The van der Waals surface area contributed by atoms with E-state index in [1.807, 2.05) is 13.0 Å². The van der Waals surface area contributed by atoms with E-state index < -0.39 is 0 Å². The Labute approximate surface area is 127 Å². The molecule has 2 N–H and O–H groups in total. The predicted octanol–water partition coefficient (Wildman–Crippen LogP) is 3.51. The summed E-state index contributed by atoms with van der Waals surface area (Å²) in [5.41, 5.74) is 2.86. The van der Waals surface area contributed by atoms with Gasteiger partial charge in [0.1, 0.15) is 5.75 Å². The van der Waals surface area contributed by atoms with Crippen molar-refractivity contribution in [3.63, 3.8) is 0 Å². The zero-order valence-electron chi connectivity index (χ0n) is 11.9. The van der Waals surface area contributed by atoms with E-state index in [-0.39, 0.29) is 5.91 Å². The second-order valence-corrected chi connectivity index (χ2v) is 5.65. The van der Waals surface area contributed by atoms with Crippen molar-refractivity contribution in [1.82, 2.24) is 10.2 Å². The molecule has 1 aromatic carbocycles. The number of ether oxygens (including phenoxy) is 1. The number of aryl methyl sites for hydroxylation is 1. The molecule has 0 atom stereocenters. The Bertz CT molecular complexity index is 692. The number of anilines is 1. The molecule has 3 rings (SSSR count). The third-order valence-electron chi connectivity index (χ3n) is 3.58. The fourth-order valence-corrected chi connectivity index (χ4v) is 2.33. The highest BCUT2D eigenvalue weighted by Crippen LogP contribution is 2.39. The van der Waals surface area contributed by atoms with Crippen LogP contribution in [0.4, 0.5) is 5.69 Å². The molecule has 0 bridgehead atoms. The summed E-state index contributed by atoms with van der Waals surface area (Å²) < 4.78 is 5.24. The first-order chi connectivity index (χ1) is 10.1. The van der Waals surface area contributed by atoms with Gasteiger partial charge in [-0.05, 0) is 37.5 Å². The molecule has 1 aliphatic rings. The average molecular weight is 306 g/mol. The normalized spacial score (nSPS) is 14.0. The third kappa shape index (κ3) is 2.88. The summed E-state index contributed by atoms with van der Waals surface area (Å²) in [4.78, 5) is 12.3. The van der Waals surface area contributed by atoms with Crippen LogP contribution in [-0.4, -0.2) is 23.2 Å². The number of halogens is 1. The fourth-order valence-electron chi connectivity index (χ4n) is 2.17. The van der Waals surface area contributed by atoms with E-state index in [9.17, 15) is 4.79 Å². The molecule has 1 amide bonds. The molecule has 1 aliphatic carbocycles. The van der Waals surface area contributed by atoms with Crippen LogP contribution in [0.25, 0.3) is 0 Å². The van der Waals surface area contributed by atoms with Gasteiger partial charge in [-0.3, -0.25) is 9.89 Å². The molecule has 1 saturated carbocycles. The molecule has 0 saturated heterocycles. The van der Waals surface area contributed by atoms with Crippen LogP contribution in [0.5, 0.6) is 5.75 Å². The van der Waals surface area contributed by atoms with Gasteiger partial charge in [0.05, 0.1) is 12.8 Å². The molecule has 110 valence electrons. The van der Waals surface area contributed by atoms with Gasteiger partial charge in [0.15, 0.2) is 5.69 Å². The zero-order chi connectivity index (χ0) is 15.0. The van der Waals surface area contributed by atoms with Crippen molar-refractivity contribution < 1.29 is 9.53 Å². The Hall–Kier alpha value is -2.01. The van der Waals surface area contributed by atoms with Gasteiger partial charge in [0.25, 0.3) is 5.91 Å². The van der Waals surface area contributed by atoms with Crippen LogP contribution in [0.2, 0.25) is 5.02 Å². The van der Waals surface area contributed by atoms with Crippen molar-refractivity contribution in [1.29, 1.82) is 0 Å². The van der Waals surface area contributed by atoms with E-state index in [1.54, 1.807) is 12.1 Å². The van der Waals surface area contributed by atoms with Crippen molar-refractivity contribution in [2.45, 2.75) is 25.7 Å². The molecule has 1 aromatic heterocycles. The van der Waals surface area contributed by atoms with Crippen LogP contribution in [0.15, 0.2) is 18.2 Å². The molecule has 1 heterocycles. The van der Waals surface area contributed by atoms with Crippen LogP contribution in [-0.2, 0) is 0 Å². The van der Waals surface area contributed by atoms with Crippen LogP contribution in [0.3, 0.4) is 0 Å². The molecule has 6 heteroatoms. The molecule has 0 spiro atoms. The minimum Gasteiger partial charge on any atom is -0.495 e. The topological polar surface area (TPSA) is 67.0 Å². The molecule has 1 fully saturated rings. The maximum Gasteiger partial charge on any atom is 0.276 e. The summed E-state index contributed by atoms with van der Waals surface area (Å²) in [7, 11) is 1.54. The zero-order valence-corrected chi connectivity index (χ0v) is 12.6. The highest BCUT2D eigenvalue weighted by Gasteiger charge is 2.26. The molecule has 0 radical (unpaired) electrons. The van der Waals surface area contributed by atoms with E-state index in [1.165, 1.54) is 7.11 Å². The van der Waals surface area contributed by atoms with Gasteiger partial charge in [0, 0.05) is 22.7 Å². The molecular formula is C15H16ClN3O2. The van der Waals surface area contributed by atoms with Crippen molar-refractivity contribution >= 4 is 23.2 Å². The maximum absolute atomic E-state index is 12.3. The number of nitrogens with zero attached hydrogens (tertiary/aromatic N) is 1. The van der Waals surface area contributed by atoms with Crippen LogP contribution in [0.1, 0.15) is 40.5 Å². The Morgan fingerprint density at radius 3 is 2.86 bits per heavy atom. The van der Waals surface area contributed by atoms with Gasteiger partial charge in [-0.1, -0.05) is 11.6 Å². The molecular weight excluding hydrogens is 290 g/mol. The summed E-state index contributed by atoms with van der Waals surface area (Å²) in [6.07, 6.45) is 2.32. The second kappa shape index (κ2) is 5.41. The number of hydrogen-bond acceptors (Lipinski definition) is 3. The highest BCUT2D eigenvalue weighted by atomic mass is 35.5. The van der Waals surface area contributed by atoms with Crippen molar-refractivity contribution in [2.24, 2.45) is 0 Å². The summed E-state index contributed by atoms with van der Waals surface area (Å²) in [6, 6.07) is 5.28. The predicted molar refractivity (Wildman–Crippen MR) is 81.3 cm³/mol. The molecule has 5 nitrogen and oxygen atoms in total. The number of amides is 1. The van der Waals surface area contributed by atoms with Crippen LogP contribution in [0, 0.1) is 6.92 Å². The van der Waals surface area contributed by atoms with Crippen LogP contribution >= 0.6 is 11.6 Å². The summed E-state index contributed by atoms with van der Waals surface area (Å²) in [5, 5.41) is 10.4. The van der Waals surface area contributed by atoms with Gasteiger partial charge >= 0.3 is 0 Å². The number of carbonyl (C=O) groups excluding carboxylic acids is 1. The number of carbonyl (C=O) groups is 1. The summed E-state index contributed by atoms with van der Waals surface area (Å²) in [6.45, 7) is 1.87. The minimum absolute atomic E-state index is 0.266. The third-order valence-corrected chi connectivity index (χ3v) is 3.98. The smallest absolute Gasteiger partial charge is 0.276 e. The lowest BCUT2D eigenvalue weighted by Crippen LogP contribution is -2.13. The van der Waals surface area contributed by atoms with E-state index in [4.69, 9.17) is 16.3 Å². The molecule has 0 unspecified atom stereocenters. The lowest BCUT2D eigenvalue weighted by atomic mass is 10.2. The number of H-pyrrole nitrogens is 1. The molecule has 2 aromatic rings. The van der Waals surface area contributed by atoms with Crippen molar-refractivity contribution in [2.75, 3.05) is 12.4 Å². The highest BCUT2D eigenvalue weighted by molar-refractivity contribution is 6.31. The minimum atomic E-state index is -0.266. The first kappa shape index (κ1) is 13.9. The van der Waals surface area contributed by atoms with Gasteiger partial charge in [-0.2, -0.15) is 5.10 Å². The number of nitrogens with one attached hydrogen (secondary N) is 2. The number of aromatic nitrogens is 2. The lowest BCUT2D eigenvalue weighted by molar-refractivity contribution is 0.102. The van der Waals surface area contributed by atoms with Gasteiger partial charge in [0.2, 0.25) is 0 Å². The van der Waals surface area contributed by atoms with Gasteiger partial charge < -0.3 is 10.1 Å².